The Balaban J connectivity index is 2.29. The zero-order valence-electron chi connectivity index (χ0n) is 10.8. The number of nitrogens with two attached hydrogens (primary N) is 2. The van der Waals surface area contributed by atoms with Gasteiger partial charge < -0.3 is 26.3 Å². The highest BCUT2D eigenvalue weighted by Crippen LogP contribution is 2.28. The molecule has 2 rings (SSSR count). The summed E-state index contributed by atoms with van der Waals surface area (Å²) in [6.07, 6.45) is 0. The van der Waals surface area contributed by atoms with E-state index in [1.165, 1.54) is 0 Å². The van der Waals surface area contributed by atoms with Gasteiger partial charge in [0.05, 0.1) is 19.9 Å². The minimum absolute atomic E-state index is 0.292. The molecule has 6 heteroatoms. The van der Waals surface area contributed by atoms with Gasteiger partial charge in [-0.15, -0.1) is 0 Å². The lowest BCUT2D eigenvalue weighted by Gasteiger charge is -2.11. The van der Waals surface area contributed by atoms with Crippen molar-refractivity contribution in [2.24, 2.45) is 0 Å². The fraction of sp³-hybridized carbons (Fsp3) is 0.154. The lowest BCUT2D eigenvalue weighted by Crippen LogP contribution is -2.01. The molecule has 2 aromatic rings. The Bertz CT molecular complexity index is 565. The molecule has 0 aliphatic heterocycles. The Morgan fingerprint density at radius 1 is 1.00 bits per heavy atom. The van der Waals surface area contributed by atoms with Crippen LogP contribution in [-0.2, 0) is 0 Å². The van der Waals surface area contributed by atoms with E-state index in [1.807, 2.05) is 12.1 Å². The van der Waals surface area contributed by atoms with E-state index in [2.05, 4.69) is 10.3 Å². The normalized spacial score (nSPS) is 10.0. The topological polar surface area (TPSA) is 95.4 Å². The molecule has 1 heterocycles. The van der Waals surface area contributed by atoms with E-state index in [0.29, 0.717) is 28.8 Å². The Morgan fingerprint density at radius 2 is 1.63 bits per heavy atom. The van der Waals surface area contributed by atoms with Gasteiger partial charge in [0.25, 0.3) is 0 Å². The molecule has 0 atom stereocenters. The maximum absolute atomic E-state index is 5.66. The summed E-state index contributed by atoms with van der Waals surface area (Å²) in [6, 6.07) is 8.89. The van der Waals surface area contributed by atoms with Gasteiger partial charge in [-0.05, 0) is 12.1 Å². The number of aromatic nitrogens is 1. The molecule has 6 nitrogen and oxygen atoms in total. The van der Waals surface area contributed by atoms with Crippen LogP contribution in [0.15, 0.2) is 30.3 Å². The number of hydrogen-bond donors (Lipinski definition) is 3. The quantitative estimate of drug-likeness (QED) is 0.778. The van der Waals surface area contributed by atoms with Crippen LogP contribution in [0.5, 0.6) is 11.5 Å². The Hall–Kier alpha value is -2.63. The number of nitrogens with one attached hydrogen (secondary N) is 1. The van der Waals surface area contributed by atoms with Gasteiger partial charge in [-0.3, -0.25) is 0 Å². The maximum Gasteiger partial charge on any atom is 0.149 e. The molecule has 1 aromatic carbocycles. The summed E-state index contributed by atoms with van der Waals surface area (Å²) in [6.45, 7) is 0. The average molecular weight is 260 g/mol. The van der Waals surface area contributed by atoms with Crippen LogP contribution < -0.4 is 26.3 Å². The lowest BCUT2D eigenvalue weighted by molar-refractivity contribution is 0.395. The Labute approximate surface area is 111 Å². The molecule has 0 spiro atoms. The minimum atomic E-state index is 0.292. The summed E-state index contributed by atoms with van der Waals surface area (Å²) < 4.78 is 10.4. The summed E-state index contributed by atoms with van der Waals surface area (Å²) in [7, 11) is 3.19. The molecule has 1 aromatic heterocycles. The van der Waals surface area contributed by atoms with Crippen LogP contribution >= 0.6 is 0 Å². The van der Waals surface area contributed by atoms with E-state index in [-0.39, 0.29) is 0 Å². The average Bonchev–Trinajstić information content (AvgIpc) is 2.42. The van der Waals surface area contributed by atoms with E-state index in [0.717, 1.165) is 5.69 Å². The van der Waals surface area contributed by atoms with Crippen molar-refractivity contribution in [1.29, 1.82) is 0 Å². The SMILES string of the molecule is COc1cc(Nc2ccc(N)c(N)n2)cc(OC)c1. The largest absolute Gasteiger partial charge is 0.497 e. The van der Waals surface area contributed by atoms with Crippen LogP contribution in [0.4, 0.5) is 23.0 Å². The van der Waals surface area contributed by atoms with Gasteiger partial charge in [-0.2, -0.15) is 0 Å². The lowest BCUT2D eigenvalue weighted by atomic mass is 10.2. The number of pyridine rings is 1. The third-order valence-corrected chi connectivity index (χ3v) is 2.58. The molecular formula is C13H16N4O2. The van der Waals surface area contributed by atoms with Gasteiger partial charge in [-0.1, -0.05) is 0 Å². The van der Waals surface area contributed by atoms with E-state index in [4.69, 9.17) is 20.9 Å². The van der Waals surface area contributed by atoms with Crippen molar-refractivity contribution in [2.45, 2.75) is 0 Å². The Morgan fingerprint density at radius 3 is 2.16 bits per heavy atom. The molecule has 0 unspecified atom stereocenters. The molecule has 0 radical (unpaired) electrons. The zero-order chi connectivity index (χ0) is 13.8. The number of nitrogens with zero attached hydrogens (tertiary/aromatic N) is 1. The highest BCUT2D eigenvalue weighted by Gasteiger charge is 2.04. The highest BCUT2D eigenvalue weighted by atomic mass is 16.5. The zero-order valence-corrected chi connectivity index (χ0v) is 10.8. The summed E-state index contributed by atoms with van der Waals surface area (Å²) in [4.78, 5) is 4.14. The summed E-state index contributed by atoms with van der Waals surface area (Å²) in [5, 5.41) is 3.11. The summed E-state index contributed by atoms with van der Waals surface area (Å²) >= 11 is 0. The first-order valence-electron chi connectivity index (χ1n) is 5.64. The smallest absolute Gasteiger partial charge is 0.149 e. The van der Waals surface area contributed by atoms with Gasteiger partial charge in [0.1, 0.15) is 23.1 Å². The molecule has 5 N–H and O–H groups in total. The number of benzene rings is 1. The van der Waals surface area contributed by atoms with Crippen LogP contribution in [0.25, 0.3) is 0 Å². The number of ether oxygens (including phenoxy) is 2. The molecule has 0 bridgehead atoms. The third kappa shape index (κ3) is 2.98. The second-order valence-electron chi connectivity index (χ2n) is 3.90. The molecule has 0 fully saturated rings. The van der Waals surface area contributed by atoms with Crippen molar-refractivity contribution in [3.8, 4) is 11.5 Å². The Kier molecular flexibility index (Phi) is 3.61. The third-order valence-electron chi connectivity index (χ3n) is 2.58. The first kappa shape index (κ1) is 12.8. The molecule has 0 saturated heterocycles. The van der Waals surface area contributed by atoms with Crippen molar-refractivity contribution < 1.29 is 9.47 Å². The monoisotopic (exact) mass is 260 g/mol. The van der Waals surface area contributed by atoms with Gasteiger partial charge >= 0.3 is 0 Å². The van der Waals surface area contributed by atoms with Crippen LogP contribution in [0.2, 0.25) is 0 Å². The van der Waals surface area contributed by atoms with Gasteiger partial charge in [0.15, 0.2) is 0 Å². The molecular weight excluding hydrogens is 244 g/mol. The standard InChI is InChI=1S/C13H16N4O2/c1-18-9-5-8(6-10(7-9)19-2)16-12-4-3-11(14)13(15)17-12/h3-7H,14H2,1-2H3,(H3,15,16,17). The van der Waals surface area contributed by atoms with Crippen LogP contribution in [0, 0.1) is 0 Å². The van der Waals surface area contributed by atoms with Gasteiger partial charge in [0, 0.05) is 23.9 Å². The van der Waals surface area contributed by atoms with E-state index >= 15 is 0 Å². The molecule has 100 valence electrons. The first-order valence-corrected chi connectivity index (χ1v) is 5.64. The summed E-state index contributed by atoms with van der Waals surface area (Å²) in [5.74, 6) is 2.26. The van der Waals surface area contributed by atoms with Crippen molar-refractivity contribution in [3.63, 3.8) is 0 Å². The van der Waals surface area contributed by atoms with E-state index in [9.17, 15) is 0 Å². The number of anilines is 4. The van der Waals surface area contributed by atoms with Gasteiger partial charge in [0.2, 0.25) is 0 Å². The number of methoxy groups -OCH3 is 2. The first-order chi connectivity index (χ1) is 9.12. The molecule has 0 amide bonds. The minimum Gasteiger partial charge on any atom is -0.497 e. The molecule has 19 heavy (non-hydrogen) atoms. The van der Waals surface area contributed by atoms with E-state index < -0.39 is 0 Å². The van der Waals surface area contributed by atoms with Crippen molar-refractivity contribution in [3.05, 3.63) is 30.3 Å². The predicted octanol–water partition coefficient (Wildman–Crippen LogP) is 2.01. The molecule has 0 saturated carbocycles. The van der Waals surface area contributed by atoms with Crippen molar-refractivity contribution in [1.82, 2.24) is 4.98 Å². The second-order valence-corrected chi connectivity index (χ2v) is 3.90. The fourth-order valence-corrected chi connectivity index (χ4v) is 1.58. The maximum atomic E-state index is 5.66. The second kappa shape index (κ2) is 5.34. The predicted molar refractivity (Wildman–Crippen MR) is 75.9 cm³/mol. The van der Waals surface area contributed by atoms with Crippen LogP contribution in [0.1, 0.15) is 0 Å². The van der Waals surface area contributed by atoms with Crippen molar-refractivity contribution in [2.75, 3.05) is 31.0 Å². The van der Waals surface area contributed by atoms with Gasteiger partial charge in [-0.25, -0.2) is 4.98 Å². The fourth-order valence-electron chi connectivity index (χ4n) is 1.58. The number of hydrogen-bond acceptors (Lipinski definition) is 6. The van der Waals surface area contributed by atoms with Crippen LogP contribution in [-0.4, -0.2) is 19.2 Å². The number of nitrogen functional groups attached to an aromatic ring is 2. The summed E-state index contributed by atoms with van der Waals surface area (Å²) in [5.41, 5.74) is 12.5. The highest BCUT2D eigenvalue weighted by molar-refractivity contribution is 5.66. The van der Waals surface area contributed by atoms with E-state index in [1.54, 1.807) is 32.4 Å². The molecule has 0 aliphatic rings. The van der Waals surface area contributed by atoms with Crippen molar-refractivity contribution >= 4 is 23.0 Å². The van der Waals surface area contributed by atoms with Crippen LogP contribution in [0.3, 0.4) is 0 Å². The number of rotatable bonds is 4. The molecule has 0 aliphatic carbocycles.